The summed E-state index contributed by atoms with van der Waals surface area (Å²) in [6.07, 6.45) is 1.75. The lowest BCUT2D eigenvalue weighted by molar-refractivity contribution is -0.127. The fraction of sp³-hybridized carbons (Fsp3) is 0.409. The Morgan fingerprint density at radius 3 is 2.39 bits per heavy atom. The zero-order valence-electron chi connectivity index (χ0n) is 16.4. The van der Waals surface area contributed by atoms with E-state index in [0.29, 0.717) is 12.3 Å². The summed E-state index contributed by atoms with van der Waals surface area (Å²) in [6, 6.07) is 15.1. The number of nitrogens with zero attached hydrogens (tertiary/aromatic N) is 1. The molecule has 28 heavy (non-hydrogen) atoms. The van der Waals surface area contributed by atoms with Crippen molar-refractivity contribution in [2.45, 2.75) is 31.9 Å². The maximum atomic E-state index is 12.6. The minimum absolute atomic E-state index is 0.0633. The number of hydrogen-bond acceptors (Lipinski definition) is 4. The van der Waals surface area contributed by atoms with Crippen molar-refractivity contribution in [1.29, 1.82) is 0 Å². The normalized spacial score (nSPS) is 16.4. The molecule has 1 N–H and O–H groups in total. The summed E-state index contributed by atoms with van der Waals surface area (Å²) < 4.78 is 10.9. The van der Waals surface area contributed by atoms with Crippen molar-refractivity contribution < 1.29 is 14.3 Å². The lowest BCUT2D eigenvalue weighted by Gasteiger charge is -2.29. The second-order valence-electron chi connectivity index (χ2n) is 6.96. The van der Waals surface area contributed by atoms with Gasteiger partial charge in [-0.25, -0.2) is 0 Å². The molecule has 0 aromatic heterocycles. The minimum Gasteiger partial charge on any atom is -0.497 e. The van der Waals surface area contributed by atoms with Crippen LogP contribution in [-0.4, -0.2) is 43.7 Å². The summed E-state index contributed by atoms with van der Waals surface area (Å²) in [7, 11) is 1.61. The summed E-state index contributed by atoms with van der Waals surface area (Å²) in [4.78, 5) is 15.0. The Morgan fingerprint density at radius 1 is 1.11 bits per heavy atom. The number of carbonyl (C=O) groups is 1. The smallest absolute Gasteiger partial charge is 0.260 e. The van der Waals surface area contributed by atoms with Crippen LogP contribution in [0.15, 0.2) is 48.5 Å². The molecule has 1 saturated heterocycles. The summed E-state index contributed by atoms with van der Waals surface area (Å²) >= 11 is 6.43. The number of methoxy groups -OCH3 is 1. The molecule has 0 aliphatic carbocycles. The van der Waals surface area contributed by atoms with Crippen molar-refractivity contribution in [3.63, 3.8) is 0 Å². The SMILES string of the molecule is COc1ccc(OC(C)C(=O)NCC(c2ccccc2Cl)N2CCCC2)cc1. The monoisotopic (exact) mass is 402 g/mol. The molecule has 2 unspecified atom stereocenters. The summed E-state index contributed by atoms with van der Waals surface area (Å²) in [5, 5.41) is 3.77. The molecule has 0 bridgehead atoms. The van der Waals surface area contributed by atoms with Crippen LogP contribution >= 0.6 is 11.6 Å². The van der Waals surface area contributed by atoms with Gasteiger partial charge in [-0.15, -0.1) is 0 Å². The number of likely N-dealkylation sites (tertiary alicyclic amines) is 1. The Balaban J connectivity index is 1.61. The van der Waals surface area contributed by atoms with Gasteiger partial charge in [-0.05, 0) is 68.8 Å². The molecular weight excluding hydrogens is 376 g/mol. The molecule has 6 heteroatoms. The Labute approximate surface area is 171 Å². The largest absolute Gasteiger partial charge is 0.497 e. The van der Waals surface area contributed by atoms with Crippen molar-refractivity contribution >= 4 is 17.5 Å². The van der Waals surface area contributed by atoms with Crippen molar-refractivity contribution in [2.24, 2.45) is 0 Å². The number of rotatable bonds is 8. The van der Waals surface area contributed by atoms with Crippen LogP contribution in [0.25, 0.3) is 0 Å². The minimum atomic E-state index is -0.598. The zero-order chi connectivity index (χ0) is 19.9. The van der Waals surface area contributed by atoms with Gasteiger partial charge in [0.05, 0.1) is 13.2 Å². The highest BCUT2D eigenvalue weighted by atomic mass is 35.5. The van der Waals surface area contributed by atoms with Crippen LogP contribution in [0.4, 0.5) is 0 Å². The topological polar surface area (TPSA) is 50.8 Å². The van der Waals surface area contributed by atoms with Gasteiger partial charge in [0.1, 0.15) is 11.5 Å². The van der Waals surface area contributed by atoms with Gasteiger partial charge in [-0.2, -0.15) is 0 Å². The fourth-order valence-electron chi connectivity index (χ4n) is 3.49. The lowest BCUT2D eigenvalue weighted by atomic mass is 10.1. The molecule has 3 rings (SSSR count). The molecule has 0 saturated carbocycles. The Hall–Kier alpha value is -2.24. The van der Waals surface area contributed by atoms with Gasteiger partial charge in [0.25, 0.3) is 5.91 Å². The van der Waals surface area contributed by atoms with Crippen molar-refractivity contribution in [1.82, 2.24) is 10.2 Å². The predicted molar refractivity (Wildman–Crippen MR) is 111 cm³/mol. The molecule has 5 nitrogen and oxygen atoms in total. The molecule has 2 aromatic carbocycles. The van der Waals surface area contributed by atoms with E-state index >= 15 is 0 Å². The van der Waals surface area contributed by atoms with E-state index in [1.54, 1.807) is 38.3 Å². The van der Waals surface area contributed by atoms with E-state index in [0.717, 1.165) is 29.4 Å². The number of amides is 1. The second kappa shape index (κ2) is 9.80. The molecule has 150 valence electrons. The molecule has 1 heterocycles. The van der Waals surface area contributed by atoms with Crippen LogP contribution in [0.5, 0.6) is 11.5 Å². The van der Waals surface area contributed by atoms with Gasteiger partial charge in [0.2, 0.25) is 0 Å². The highest BCUT2D eigenvalue weighted by Crippen LogP contribution is 2.29. The lowest BCUT2D eigenvalue weighted by Crippen LogP contribution is -2.42. The van der Waals surface area contributed by atoms with Gasteiger partial charge in [-0.3, -0.25) is 9.69 Å². The first-order valence-corrected chi connectivity index (χ1v) is 10.0. The van der Waals surface area contributed by atoms with E-state index in [2.05, 4.69) is 10.2 Å². The third kappa shape index (κ3) is 5.18. The number of benzene rings is 2. The molecule has 0 spiro atoms. The Bertz CT molecular complexity index is 776. The number of nitrogens with one attached hydrogen (secondary N) is 1. The van der Waals surface area contributed by atoms with Crippen LogP contribution in [-0.2, 0) is 4.79 Å². The van der Waals surface area contributed by atoms with Crippen LogP contribution in [0.3, 0.4) is 0 Å². The molecule has 1 fully saturated rings. The van der Waals surface area contributed by atoms with Gasteiger partial charge < -0.3 is 14.8 Å². The van der Waals surface area contributed by atoms with E-state index in [-0.39, 0.29) is 11.9 Å². The molecule has 2 atom stereocenters. The zero-order valence-corrected chi connectivity index (χ0v) is 17.1. The average Bonchev–Trinajstić information content (AvgIpc) is 3.24. The van der Waals surface area contributed by atoms with E-state index in [9.17, 15) is 4.79 Å². The first-order chi connectivity index (χ1) is 13.6. The van der Waals surface area contributed by atoms with Gasteiger partial charge >= 0.3 is 0 Å². The first kappa shape index (κ1) is 20.5. The number of carbonyl (C=O) groups excluding carboxylic acids is 1. The third-order valence-electron chi connectivity index (χ3n) is 5.06. The molecule has 1 amide bonds. The maximum absolute atomic E-state index is 12.6. The molecule has 1 aliphatic heterocycles. The van der Waals surface area contributed by atoms with Crippen molar-refractivity contribution in [3.05, 3.63) is 59.1 Å². The van der Waals surface area contributed by atoms with Gasteiger partial charge in [0.15, 0.2) is 6.10 Å². The van der Waals surface area contributed by atoms with E-state index in [1.807, 2.05) is 24.3 Å². The van der Waals surface area contributed by atoms with Crippen LogP contribution in [0, 0.1) is 0 Å². The number of hydrogen-bond donors (Lipinski definition) is 1. The average molecular weight is 403 g/mol. The van der Waals surface area contributed by atoms with Gasteiger partial charge in [-0.1, -0.05) is 29.8 Å². The third-order valence-corrected chi connectivity index (χ3v) is 5.40. The summed E-state index contributed by atoms with van der Waals surface area (Å²) in [6.45, 7) is 4.28. The van der Waals surface area contributed by atoms with Crippen LogP contribution in [0.1, 0.15) is 31.4 Å². The van der Waals surface area contributed by atoms with E-state index < -0.39 is 6.10 Å². The molecular formula is C22H27ClN2O3. The van der Waals surface area contributed by atoms with Crippen molar-refractivity contribution in [2.75, 3.05) is 26.7 Å². The van der Waals surface area contributed by atoms with Gasteiger partial charge in [0, 0.05) is 11.6 Å². The number of halogens is 1. The summed E-state index contributed by atoms with van der Waals surface area (Å²) in [5.41, 5.74) is 1.05. The molecule has 0 radical (unpaired) electrons. The highest BCUT2D eigenvalue weighted by Gasteiger charge is 2.26. The predicted octanol–water partition coefficient (Wildman–Crippen LogP) is 4.07. The summed E-state index contributed by atoms with van der Waals surface area (Å²) in [5.74, 6) is 1.23. The second-order valence-corrected chi connectivity index (χ2v) is 7.37. The Morgan fingerprint density at radius 2 is 1.75 bits per heavy atom. The maximum Gasteiger partial charge on any atom is 0.260 e. The Kier molecular flexibility index (Phi) is 7.18. The highest BCUT2D eigenvalue weighted by molar-refractivity contribution is 6.31. The fourth-order valence-corrected chi connectivity index (χ4v) is 3.75. The quantitative estimate of drug-likeness (QED) is 0.723. The molecule has 2 aromatic rings. The van der Waals surface area contributed by atoms with Crippen LogP contribution < -0.4 is 14.8 Å². The van der Waals surface area contributed by atoms with E-state index in [1.165, 1.54) is 12.8 Å². The molecule has 1 aliphatic rings. The van der Waals surface area contributed by atoms with Crippen molar-refractivity contribution in [3.8, 4) is 11.5 Å². The standard InChI is InChI=1S/C22H27ClN2O3/c1-16(28-18-11-9-17(27-2)10-12-18)22(26)24-15-21(25-13-5-6-14-25)19-7-3-4-8-20(19)23/h3-4,7-12,16,21H,5-6,13-15H2,1-2H3,(H,24,26). The van der Waals surface area contributed by atoms with Crippen LogP contribution in [0.2, 0.25) is 5.02 Å². The number of ether oxygens (including phenoxy) is 2. The first-order valence-electron chi connectivity index (χ1n) is 9.65. The van der Waals surface area contributed by atoms with E-state index in [4.69, 9.17) is 21.1 Å².